The summed E-state index contributed by atoms with van der Waals surface area (Å²) in [5.41, 5.74) is 1.14. The summed E-state index contributed by atoms with van der Waals surface area (Å²) in [6.07, 6.45) is 0.658. The summed E-state index contributed by atoms with van der Waals surface area (Å²) in [5, 5.41) is 13.7. The highest BCUT2D eigenvalue weighted by molar-refractivity contribution is 5.95. The van der Waals surface area contributed by atoms with E-state index in [2.05, 4.69) is 10.3 Å². The van der Waals surface area contributed by atoms with Gasteiger partial charge in [0, 0.05) is 24.4 Å². The van der Waals surface area contributed by atoms with Crippen LogP contribution in [0.1, 0.15) is 22.5 Å². The summed E-state index contributed by atoms with van der Waals surface area (Å²) in [7, 11) is 3.68. The number of amides is 1. The highest BCUT2D eigenvalue weighted by Gasteiger charge is 2.45. The maximum atomic E-state index is 13.4. The van der Waals surface area contributed by atoms with Gasteiger partial charge in [0.1, 0.15) is 23.8 Å². The summed E-state index contributed by atoms with van der Waals surface area (Å²) in [6, 6.07) is 8.59. The molecule has 0 aliphatic heterocycles. The maximum absolute atomic E-state index is 13.4. The molecule has 1 aromatic carbocycles. The van der Waals surface area contributed by atoms with Crippen LogP contribution in [-0.4, -0.2) is 59.3 Å². The fraction of sp³-hybridized carbons (Fsp3) is 0.400. The van der Waals surface area contributed by atoms with E-state index in [1.807, 2.05) is 19.0 Å². The average Bonchev–Trinajstić information content (AvgIpc) is 2.90. The van der Waals surface area contributed by atoms with Crippen molar-refractivity contribution in [3.8, 4) is 5.75 Å². The van der Waals surface area contributed by atoms with Gasteiger partial charge in [0.05, 0.1) is 17.6 Å². The number of aliphatic hydroxyl groups excluding tert-OH is 1. The molecule has 1 amide bonds. The number of carbonyl (C=O) groups is 1. The van der Waals surface area contributed by atoms with Gasteiger partial charge in [-0.3, -0.25) is 9.78 Å². The van der Waals surface area contributed by atoms with Crippen molar-refractivity contribution in [2.75, 3.05) is 14.1 Å². The van der Waals surface area contributed by atoms with Gasteiger partial charge in [0.2, 0.25) is 0 Å². The molecule has 27 heavy (non-hydrogen) atoms. The number of likely N-dealkylation sites (N-methyl/N-ethyl adjacent to an activating group) is 1. The Morgan fingerprint density at radius 1 is 1.33 bits per heavy atom. The molecule has 7 heteroatoms. The van der Waals surface area contributed by atoms with E-state index in [9.17, 15) is 14.3 Å². The first kappa shape index (κ1) is 19.3. The van der Waals surface area contributed by atoms with E-state index in [1.165, 1.54) is 12.1 Å². The Morgan fingerprint density at radius 3 is 2.78 bits per heavy atom. The van der Waals surface area contributed by atoms with Crippen LogP contribution in [0.2, 0.25) is 0 Å². The Balaban J connectivity index is 1.76. The second-order valence-corrected chi connectivity index (χ2v) is 7.01. The molecule has 0 saturated heterocycles. The highest BCUT2D eigenvalue weighted by atomic mass is 19.1. The molecule has 0 unspecified atom stereocenters. The predicted molar refractivity (Wildman–Crippen MR) is 99.1 cm³/mol. The molecule has 2 aromatic rings. The van der Waals surface area contributed by atoms with Crippen LogP contribution in [0, 0.1) is 12.7 Å². The molecule has 0 radical (unpaired) electrons. The topological polar surface area (TPSA) is 74.7 Å². The van der Waals surface area contributed by atoms with Gasteiger partial charge >= 0.3 is 0 Å². The average molecular weight is 373 g/mol. The number of benzene rings is 1. The van der Waals surface area contributed by atoms with Crippen LogP contribution < -0.4 is 10.1 Å². The molecule has 4 atom stereocenters. The van der Waals surface area contributed by atoms with Crippen molar-refractivity contribution in [3.05, 3.63) is 59.7 Å². The maximum Gasteiger partial charge on any atom is 0.253 e. The molecule has 144 valence electrons. The van der Waals surface area contributed by atoms with Crippen LogP contribution in [0.15, 0.2) is 42.6 Å². The van der Waals surface area contributed by atoms with E-state index in [-0.39, 0.29) is 18.0 Å². The number of nitrogens with one attached hydrogen (secondary N) is 1. The number of aryl methyl sites for hydroxylation is 1. The molecule has 6 nitrogen and oxygen atoms in total. The van der Waals surface area contributed by atoms with E-state index in [1.54, 1.807) is 37.4 Å². The number of halogens is 1. The monoisotopic (exact) mass is 373 g/mol. The zero-order valence-electron chi connectivity index (χ0n) is 15.6. The second-order valence-electron chi connectivity index (χ2n) is 7.01. The zero-order valence-corrected chi connectivity index (χ0v) is 15.6. The van der Waals surface area contributed by atoms with Crippen molar-refractivity contribution in [2.24, 2.45) is 0 Å². The van der Waals surface area contributed by atoms with Crippen molar-refractivity contribution >= 4 is 5.91 Å². The van der Waals surface area contributed by atoms with Gasteiger partial charge in [-0.05, 0) is 45.3 Å². The predicted octanol–water partition coefficient (Wildman–Crippen LogP) is 1.77. The molecule has 2 N–H and O–H groups in total. The highest BCUT2D eigenvalue weighted by Crippen LogP contribution is 2.29. The van der Waals surface area contributed by atoms with Crippen LogP contribution in [-0.2, 0) is 0 Å². The lowest BCUT2D eigenvalue weighted by Crippen LogP contribution is -2.50. The SMILES string of the molecule is Cc1ncccc1C(=O)N[C@@H]1C[C@@H](Oc2cccc(F)c2)[C@H](O)[C@H]1N(C)C. The number of hydrogen-bond donors (Lipinski definition) is 2. The lowest BCUT2D eigenvalue weighted by atomic mass is 10.1. The molecular formula is C20H24FN3O3. The van der Waals surface area contributed by atoms with Gasteiger partial charge in [0.25, 0.3) is 5.91 Å². The van der Waals surface area contributed by atoms with Gasteiger partial charge in [0.15, 0.2) is 0 Å². The van der Waals surface area contributed by atoms with Crippen LogP contribution >= 0.6 is 0 Å². The fourth-order valence-corrected chi connectivity index (χ4v) is 3.60. The van der Waals surface area contributed by atoms with Gasteiger partial charge in [-0.2, -0.15) is 0 Å². The minimum Gasteiger partial charge on any atom is -0.487 e. The minimum absolute atomic E-state index is 0.240. The molecule has 3 rings (SSSR count). The Kier molecular flexibility index (Phi) is 5.72. The van der Waals surface area contributed by atoms with Crippen molar-refractivity contribution in [2.45, 2.75) is 37.6 Å². The number of rotatable bonds is 5. The first-order chi connectivity index (χ1) is 12.9. The Hall–Kier alpha value is -2.51. The summed E-state index contributed by atoms with van der Waals surface area (Å²) >= 11 is 0. The van der Waals surface area contributed by atoms with Crippen molar-refractivity contribution < 1.29 is 19.0 Å². The number of nitrogens with zero attached hydrogens (tertiary/aromatic N) is 2. The zero-order chi connectivity index (χ0) is 19.6. The van der Waals surface area contributed by atoms with Crippen LogP contribution in [0.3, 0.4) is 0 Å². The lowest BCUT2D eigenvalue weighted by Gasteiger charge is -2.29. The van der Waals surface area contributed by atoms with Crippen LogP contribution in [0.25, 0.3) is 0 Å². The van der Waals surface area contributed by atoms with Gasteiger partial charge < -0.3 is 20.1 Å². The standard InChI is InChI=1S/C20H24FN3O3/c1-12-15(8-5-9-22-12)20(26)23-16-11-17(19(25)18(16)24(2)3)27-14-7-4-6-13(21)10-14/h4-10,16-19,25H,11H2,1-3H3,(H,23,26)/t16-,17-,18+,19+/m1/s1. The van der Waals surface area contributed by atoms with Crippen LogP contribution in [0.5, 0.6) is 5.75 Å². The third kappa shape index (κ3) is 4.26. The number of pyridine rings is 1. The van der Waals surface area contributed by atoms with Crippen molar-refractivity contribution in [3.63, 3.8) is 0 Å². The van der Waals surface area contributed by atoms with Crippen molar-refractivity contribution in [1.29, 1.82) is 0 Å². The number of aliphatic hydroxyl groups is 1. The summed E-state index contributed by atoms with van der Waals surface area (Å²) in [4.78, 5) is 18.7. The molecule has 1 aliphatic carbocycles. The van der Waals surface area contributed by atoms with Crippen molar-refractivity contribution in [1.82, 2.24) is 15.2 Å². The molecule has 1 fully saturated rings. The Bertz CT molecular complexity index is 815. The summed E-state index contributed by atoms with van der Waals surface area (Å²) in [5.74, 6) is -0.288. The fourth-order valence-electron chi connectivity index (χ4n) is 3.60. The molecular weight excluding hydrogens is 349 g/mol. The largest absolute Gasteiger partial charge is 0.487 e. The number of aromatic nitrogens is 1. The molecule has 0 bridgehead atoms. The first-order valence-electron chi connectivity index (χ1n) is 8.86. The molecule has 1 saturated carbocycles. The second kappa shape index (κ2) is 8.02. The number of hydrogen-bond acceptors (Lipinski definition) is 5. The summed E-state index contributed by atoms with van der Waals surface area (Å²) < 4.78 is 19.2. The lowest BCUT2D eigenvalue weighted by molar-refractivity contribution is 0.0209. The quantitative estimate of drug-likeness (QED) is 0.836. The Morgan fingerprint density at radius 2 is 2.11 bits per heavy atom. The molecule has 1 aromatic heterocycles. The number of ether oxygens (including phenoxy) is 1. The molecule has 0 spiro atoms. The van der Waals surface area contributed by atoms with Crippen LogP contribution in [0.4, 0.5) is 4.39 Å². The van der Waals surface area contributed by atoms with E-state index < -0.39 is 18.0 Å². The van der Waals surface area contributed by atoms with E-state index in [0.717, 1.165) is 0 Å². The van der Waals surface area contributed by atoms with E-state index in [4.69, 9.17) is 4.74 Å². The summed E-state index contributed by atoms with van der Waals surface area (Å²) in [6.45, 7) is 1.78. The minimum atomic E-state index is -0.830. The smallest absolute Gasteiger partial charge is 0.253 e. The first-order valence-corrected chi connectivity index (χ1v) is 8.86. The normalized spacial score (nSPS) is 24.8. The Labute approximate surface area is 158 Å². The van der Waals surface area contributed by atoms with Gasteiger partial charge in [-0.25, -0.2) is 4.39 Å². The van der Waals surface area contributed by atoms with Gasteiger partial charge in [-0.1, -0.05) is 6.07 Å². The van der Waals surface area contributed by atoms with E-state index >= 15 is 0 Å². The molecule has 1 aliphatic rings. The van der Waals surface area contributed by atoms with E-state index in [0.29, 0.717) is 23.4 Å². The molecule has 1 heterocycles. The third-order valence-electron chi connectivity index (χ3n) is 4.88. The number of carbonyl (C=O) groups excluding carboxylic acids is 1. The third-order valence-corrected chi connectivity index (χ3v) is 4.88. The van der Waals surface area contributed by atoms with Gasteiger partial charge in [-0.15, -0.1) is 0 Å².